The number of hydrogen-bond acceptors (Lipinski definition) is 6. The standard InChI is InChI=1S/C24H36N4O2/c1-17-9-19-13-25-5-3-7-27-15-21-11-18(2)12-22(24(21)30)16-28-8-4-6-26-14-20(10-17)23(19)29/h9-12,25-30H,3-8,13-16H2,1-2H3. The number of nitrogens with one attached hydrogen (secondary N) is 4. The van der Waals surface area contributed by atoms with Gasteiger partial charge in [-0.3, -0.25) is 0 Å². The van der Waals surface area contributed by atoms with Crippen molar-refractivity contribution in [1.29, 1.82) is 0 Å². The van der Waals surface area contributed by atoms with Gasteiger partial charge in [0.25, 0.3) is 0 Å². The molecule has 6 heteroatoms. The van der Waals surface area contributed by atoms with Crippen LogP contribution in [0.5, 0.6) is 11.5 Å². The molecule has 3 rings (SSSR count). The maximum atomic E-state index is 10.6. The number of benzene rings is 2. The van der Waals surface area contributed by atoms with Gasteiger partial charge in [0.15, 0.2) is 0 Å². The van der Waals surface area contributed by atoms with Crippen LogP contribution in [0.2, 0.25) is 0 Å². The van der Waals surface area contributed by atoms with Crippen molar-refractivity contribution in [2.24, 2.45) is 0 Å². The van der Waals surface area contributed by atoms with Crippen LogP contribution in [0.15, 0.2) is 24.3 Å². The lowest BCUT2D eigenvalue weighted by Gasteiger charge is -2.15. The molecule has 0 aromatic heterocycles. The molecule has 1 aliphatic rings. The van der Waals surface area contributed by atoms with E-state index in [1.54, 1.807) is 0 Å². The Morgan fingerprint density at radius 1 is 0.533 bits per heavy atom. The summed E-state index contributed by atoms with van der Waals surface area (Å²) in [5.41, 5.74) is 6.15. The second-order valence-corrected chi connectivity index (χ2v) is 8.28. The van der Waals surface area contributed by atoms with Gasteiger partial charge in [0.05, 0.1) is 0 Å². The Labute approximate surface area is 180 Å². The average molecular weight is 413 g/mol. The molecule has 1 aliphatic heterocycles. The number of phenolic OH excluding ortho intramolecular Hbond substituents is 2. The number of hydrogen-bond donors (Lipinski definition) is 6. The van der Waals surface area contributed by atoms with Gasteiger partial charge >= 0.3 is 0 Å². The van der Waals surface area contributed by atoms with E-state index >= 15 is 0 Å². The molecule has 0 radical (unpaired) electrons. The molecule has 0 unspecified atom stereocenters. The van der Waals surface area contributed by atoms with Crippen LogP contribution in [0.1, 0.15) is 46.2 Å². The Morgan fingerprint density at radius 3 is 1.07 bits per heavy atom. The van der Waals surface area contributed by atoms with Crippen LogP contribution >= 0.6 is 0 Å². The van der Waals surface area contributed by atoms with Crippen LogP contribution in [0.4, 0.5) is 0 Å². The Morgan fingerprint density at radius 2 is 0.800 bits per heavy atom. The van der Waals surface area contributed by atoms with Gasteiger partial charge in [-0.15, -0.1) is 0 Å². The third kappa shape index (κ3) is 6.44. The SMILES string of the molecule is Cc1cc2c(O)c(c1)CNCCCNCc1cc(C)cc(c1O)CNCCCNC2. The summed E-state index contributed by atoms with van der Waals surface area (Å²) in [6.45, 7) is 10.2. The second kappa shape index (κ2) is 11.3. The number of aryl methyl sites for hydroxylation is 2. The second-order valence-electron chi connectivity index (χ2n) is 8.28. The molecular weight excluding hydrogens is 376 g/mol. The van der Waals surface area contributed by atoms with Crippen molar-refractivity contribution in [3.8, 4) is 11.5 Å². The van der Waals surface area contributed by atoms with Gasteiger partial charge in [-0.25, -0.2) is 0 Å². The van der Waals surface area contributed by atoms with E-state index in [2.05, 4.69) is 59.4 Å². The highest BCUT2D eigenvalue weighted by Gasteiger charge is 2.10. The van der Waals surface area contributed by atoms with Crippen LogP contribution in [0.25, 0.3) is 0 Å². The first-order chi connectivity index (χ1) is 14.5. The number of fused-ring (bicyclic) bond motifs is 4. The summed E-state index contributed by atoms with van der Waals surface area (Å²) in [4.78, 5) is 0. The number of aromatic hydroxyl groups is 2. The number of phenols is 2. The molecule has 1 heterocycles. The van der Waals surface area contributed by atoms with Gasteiger partial charge in [-0.05, 0) is 52.9 Å². The lowest BCUT2D eigenvalue weighted by molar-refractivity contribution is 0.449. The van der Waals surface area contributed by atoms with Crippen molar-refractivity contribution in [1.82, 2.24) is 21.3 Å². The minimum atomic E-state index is 0.399. The van der Waals surface area contributed by atoms with Crippen molar-refractivity contribution >= 4 is 0 Å². The monoisotopic (exact) mass is 412 g/mol. The first-order valence-corrected chi connectivity index (χ1v) is 11.0. The van der Waals surface area contributed by atoms with Crippen molar-refractivity contribution in [3.63, 3.8) is 0 Å². The van der Waals surface area contributed by atoms with Crippen molar-refractivity contribution in [2.75, 3.05) is 26.2 Å². The Bertz CT molecular complexity index is 710. The van der Waals surface area contributed by atoms with Gasteiger partial charge in [0.1, 0.15) is 11.5 Å². The van der Waals surface area contributed by atoms with Crippen LogP contribution in [-0.2, 0) is 26.2 Å². The maximum Gasteiger partial charge on any atom is 0.124 e. The largest absolute Gasteiger partial charge is 0.507 e. The van der Waals surface area contributed by atoms with Crippen LogP contribution < -0.4 is 21.3 Å². The summed E-state index contributed by atoms with van der Waals surface area (Å²) in [6.07, 6.45) is 1.95. The van der Waals surface area contributed by atoms with Crippen LogP contribution in [0.3, 0.4) is 0 Å². The van der Waals surface area contributed by atoms with Crippen molar-refractivity contribution in [2.45, 2.75) is 52.9 Å². The smallest absolute Gasteiger partial charge is 0.124 e. The lowest BCUT2D eigenvalue weighted by atomic mass is 10.0. The van der Waals surface area contributed by atoms with E-state index in [0.717, 1.165) is 61.3 Å². The molecule has 2 aromatic carbocycles. The van der Waals surface area contributed by atoms with Crippen LogP contribution in [0, 0.1) is 13.8 Å². The first kappa shape index (κ1) is 22.6. The summed E-state index contributed by atoms with van der Waals surface area (Å²) in [7, 11) is 0. The normalized spacial score (nSPS) is 17.4. The summed E-state index contributed by atoms with van der Waals surface area (Å²) in [6, 6.07) is 8.21. The third-order valence-corrected chi connectivity index (χ3v) is 5.50. The van der Waals surface area contributed by atoms with E-state index in [4.69, 9.17) is 0 Å². The summed E-state index contributed by atoms with van der Waals surface area (Å²) >= 11 is 0. The fourth-order valence-corrected chi connectivity index (χ4v) is 3.98. The van der Waals surface area contributed by atoms with Gasteiger partial charge < -0.3 is 31.5 Å². The van der Waals surface area contributed by atoms with E-state index in [-0.39, 0.29) is 0 Å². The fraction of sp³-hybridized carbons (Fsp3) is 0.500. The molecule has 4 bridgehead atoms. The topological polar surface area (TPSA) is 88.6 Å². The zero-order valence-electron chi connectivity index (χ0n) is 18.3. The quantitative estimate of drug-likeness (QED) is 0.399. The minimum Gasteiger partial charge on any atom is -0.507 e. The third-order valence-electron chi connectivity index (χ3n) is 5.50. The summed E-state index contributed by atoms with van der Waals surface area (Å²) in [5.74, 6) is 0.797. The van der Waals surface area contributed by atoms with Crippen molar-refractivity contribution in [3.05, 3.63) is 57.6 Å². The van der Waals surface area contributed by atoms with Crippen molar-refractivity contribution < 1.29 is 10.2 Å². The molecule has 6 N–H and O–H groups in total. The fourth-order valence-electron chi connectivity index (χ4n) is 3.98. The Hall–Kier alpha value is -2.12. The first-order valence-electron chi connectivity index (χ1n) is 11.0. The average Bonchev–Trinajstić information content (AvgIpc) is 2.71. The molecule has 0 aliphatic carbocycles. The predicted molar refractivity (Wildman–Crippen MR) is 122 cm³/mol. The zero-order chi connectivity index (χ0) is 21.3. The van der Waals surface area contributed by atoms with Crippen LogP contribution in [-0.4, -0.2) is 36.4 Å². The van der Waals surface area contributed by atoms with E-state index in [1.807, 2.05) is 0 Å². The van der Waals surface area contributed by atoms with Gasteiger partial charge in [-0.2, -0.15) is 0 Å². The van der Waals surface area contributed by atoms with Gasteiger partial charge in [0, 0.05) is 48.4 Å². The van der Waals surface area contributed by atoms with Gasteiger partial charge in [-0.1, -0.05) is 35.4 Å². The minimum absolute atomic E-state index is 0.399. The zero-order valence-corrected chi connectivity index (χ0v) is 18.3. The Balaban J connectivity index is 1.65. The molecule has 6 nitrogen and oxygen atoms in total. The molecule has 0 spiro atoms. The summed E-state index contributed by atoms with van der Waals surface area (Å²) in [5, 5.41) is 35.0. The highest BCUT2D eigenvalue weighted by molar-refractivity contribution is 5.44. The van der Waals surface area contributed by atoms with E-state index < -0.39 is 0 Å². The molecule has 164 valence electrons. The molecule has 0 atom stereocenters. The van der Waals surface area contributed by atoms with E-state index in [0.29, 0.717) is 37.7 Å². The number of rotatable bonds is 0. The lowest BCUT2D eigenvalue weighted by Crippen LogP contribution is -2.23. The highest BCUT2D eigenvalue weighted by Crippen LogP contribution is 2.25. The van der Waals surface area contributed by atoms with E-state index in [9.17, 15) is 10.2 Å². The summed E-state index contributed by atoms with van der Waals surface area (Å²) < 4.78 is 0. The molecule has 0 amide bonds. The maximum absolute atomic E-state index is 10.6. The highest BCUT2D eigenvalue weighted by atomic mass is 16.3. The molecule has 0 fully saturated rings. The van der Waals surface area contributed by atoms with Gasteiger partial charge in [0.2, 0.25) is 0 Å². The Kier molecular flexibility index (Phi) is 8.51. The molecule has 2 aromatic rings. The molecular formula is C24H36N4O2. The molecule has 0 saturated heterocycles. The van der Waals surface area contributed by atoms with E-state index in [1.165, 1.54) is 11.1 Å². The molecule has 30 heavy (non-hydrogen) atoms. The predicted octanol–water partition coefficient (Wildman–Crippen LogP) is 2.57. The molecule has 0 saturated carbocycles.